The maximum Gasteiger partial charge on any atom is 0.416 e. The molecule has 1 heterocycles. The van der Waals surface area contributed by atoms with Crippen molar-refractivity contribution in [2.75, 3.05) is 5.32 Å². The molecule has 4 nitrogen and oxygen atoms in total. The standard InChI is InChI=1S/C14H12F3N3OS/c15-14(16,17)11-2-1-3-12(8-11)19-13(22)20(21)9-10-4-6-18-7-5-10/h1-8,20H,9H2,(H,19,22). The van der Waals surface area contributed by atoms with Crippen LogP contribution in [0.4, 0.5) is 18.9 Å². The summed E-state index contributed by atoms with van der Waals surface area (Å²) in [4.78, 5) is 3.83. The molecule has 1 atom stereocenters. The summed E-state index contributed by atoms with van der Waals surface area (Å²) in [5, 5.41) is 14.0. The van der Waals surface area contributed by atoms with Crippen LogP contribution in [-0.4, -0.2) is 10.1 Å². The van der Waals surface area contributed by atoms with Gasteiger partial charge in [0.1, 0.15) is 6.54 Å². The largest absolute Gasteiger partial charge is 0.627 e. The molecule has 0 saturated carbocycles. The van der Waals surface area contributed by atoms with Gasteiger partial charge in [-0.1, -0.05) is 6.07 Å². The molecule has 1 unspecified atom stereocenters. The van der Waals surface area contributed by atoms with Gasteiger partial charge in [-0.25, -0.2) is 0 Å². The van der Waals surface area contributed by atoms with Crippen molar-refractivity contribution >= 4 is 23.0 Å². The van der Waals surface area contributed by atoms with Gasteiger partial charge in [-0.2, -0.15) is 13.2 Å². The zero-order valence-corrected chi connectivity index (χ0v) is 12.0. The van der Waals surface area contributed by atoms with Crippen molar-refractivity contribution in [2.24, 2.45) is 0 Å². The smallest absolute Gasteiger partial charge is 0.416 e. The zero-order chi connectivity index (χ0) is 16.2. The lowest BCUT2D eigenvalue weighted by atomic mass is 10.2. The van der Waals surface area contributed by atoms with Crippen LogP contribution < -0.4 is 10.4 Å². The topological polar surface area (TPSA) is 52.4 Å². The van der Waals surface area contributed by atoms with Crippen molar-refractivity contribution < 1.29 is 18.2 Å². The fourth-order valence-corrected chi connectivity index (χ4v) is 1.93. The Balaban J connectivity index is 2.02. The first-order chi connectivity index (χ1) is 10.4. The van der Waals surface area contributed by atoms with Gasteiger partial charge in [0.25, 0.3) is 5.11 Å². The molecule has 0 bridgehead atoms. The Morgan fingerprint density at radius 1 is 1.23 bits per heavy atom. The Morgan fingerprint density at radius 2 is 1.91 bits per heavy atom. The van der Waals surface area contributed by atoms with E-state index in [9.17, 15) is 18.4 Å². The molecule has 0 spiro atoms. The number of hydrogen-bond donors (Lipinski definition) is 2. The fourth-order valence-electron chi connectivity index (χ4n) is 1.74. The summed E-state index contributed by atoms with van der Waals surface area (Å²) in [5.41, 5.74) is 0.0537. The predicted octanol–water partition coefficient (Wildman–Crippen LogP) is 2.38. The average Bonchev–Trinajstić information content (AvgIpc) is 2.47. The number of alkyl halides is 3. The molecule has 1 aromatic carbocycles. The monoisotopic (exact) mass is 327 g/mol. The number of quaternary nitrogens is 1. The van der Waals surface area contributed by atoms with Crippen LogP contribution >= 0.6 is 12.2 Å². The number of nitrogens with one attached hydrogen (secondary N) is 2. The molecule has 2 N–H and O–H groups in total. The van der Waals surface area contributed by atoms with E-state index in [1.807, 2.05) is 0 Å². The molecule has 116 valence electrons. The van der Waals surface area contributed by atoms with E-state index in [2.05, 4.69) is 10.3 Å². The number of halogens is 3. The van der Waals surface area contributed by atoms with Crippen LogP contribution in [0.15, 0.2) is 48.8 Å². The van der Waals surface area contributed by atoms with Crippen molar-refractivity contribution in [3.8, 4) is 0 Å². The second kappa shape index (κ2) is 6.82. The summed E-state index contributed by atoms with van der Waals surface area (Å²) in [6, 6.07) is 7.87. The highest BCUT2D eigenvalue weighted by Gasteiger charge is 2.30. The summed E-state index contributed by atoms with van der Waals surface area (Å²) in [6.45, 7) is 0.0628. The van der Waals surface area contributed by atoms with Crippen LogP contribution in [0.5, 0.6) is 0 Å². The second-order valence-corrected chi connectivity index (χ2v) is 4.90. The number of thiocarbonyl (C=S) groups is 1. The van der Waals surface area contributed by atoms with Crippen molar-refractivity contribution in [3.05, 3.63) is 65.1 Å². The number of benzene rings is 1. The Kier molecular flexibility index (Phi) is 5.07. The number of rotatable bonds is 3. The summed E-state index contributed by atoms with van der Waals surface area (Å²) in [6.07, 6.45) is -1.35. The first-order valence-electron chi connectivity index (χ1n) is 6.26. The van der Waals surface area contributed by atoms with E-state index in [-0.39, 0.29) is 22.4 Å². The number of aromatic nitrogens is 1. The molecular weight excluding hydrogens is 315 g/mol. The minimum atomic E-state index is -4.44. The number of anilines is 1. The van der Waals surface area contributed by atoms with Crippen molar-refractivity contribution in [3.63, 3.8) is 0 Å². The molecule has 8 heteroatoms. The molecule has 0 radical (unpaired) electrons. The van der Waals surface area contributed by atoms with Crippen LogP contribution in [0.2, 0.25) is 0 Å². The van der Waals surface area contributed by atoms with Crippen molar-refractivity contribution in [1.29, 1.82) is 0 Å². The molecule has 0 saturated heterocycles. The lowest BCUT2D eigenvalue weighted by molar-refractivity contribution is -0.760. The first-order valence-corrected chi connectivity index (χ1v) is 6.67. The van der Waals surface area contributed by atoms with Gasteiger partial charge in [-0.05, 0) is 30.3 Å². The van der Waals surface area contributed by atoms with Crippen LogP contribution in [0.1, 0.15) is 11.1 Å². The molecule has 0 amide bonds. The molecule has 0 aliphatic rings. The predicted molar refractivity (Wildman–Crippen MR) is 79.9 cm³/mol. The van der Waals surface area contributed by atoms with Crippen molar-refractivity contribution in [2.45, 2.75) is 12.7 Å². The molecule has 0 aliphatic carbocycles. The highest BCUT2D eigenvalue weighted by molar-refractivity contribution is 7.80. The normalized spacial score (nSPS) is 12.7. The molecule has 22 heavy (non-hydrogen) atoms. The lowest BCUT2D eigenvalue weighted by Gasteiger charge is -2.22. The number of nitrogens with zero attached hydrogens (tertiary/aromatic N) is 1. The highest BCUT2D eigenvalue weighted by atomic mass is 32.1. The Bertz CT molecular complexity index is 649. The van der Waals surface area contributed by atoms with Gasteiger partial charge < -0.3 is 15.6 Å². The molecule has 1 aromatic heterocycles. The van der Waals surface area contributed by atoms with Gasteiger partial charge >= 0.3 is 6.18 Å². The Hall–Kier alpha value is -2.03. The van der Waals surface area contributed by atoms with E-state index in [4.69, 9.17) is 12.2 Å². The maximum atomic E-state index is 12.6. The van der Waals surface area contributed by atoms with Gasteiger partial charge in [0, 0.05) is 35.9 Å². The van der Waals surface area contributed by atoms with E-state index in [1.165, 1.54) is 12.1 Å². The van der Waals surface area contributed by atoms with E-state index in [0.29, 0.717) is 0 Å². The van der Waals surface area contributed by atoms with Gasteiger partial charge in [0.15, 0.2) is 0 Å². The van der Waals surface area contributed by atoms with Crippen LogP contribution in [-0.2, 0) is 12.7 Å². The van der Waals surface area contributed by atoms with E-state index >= 15 is 0 Å². The first kappa shape index (κ1) is 16.3. The number of hydroxylamine groups is 2. The van der Waals surface area contributed by atoms with Gasteiger partial charge in [-0.15, -0.1) is 0 Å². The molecule has 0 aliphatic heterocycles. The van der Waals surface area contributed by atoms with Crippen molar-refractivity contribution in [1.82, 2.24) is 4.98 Å². The molecule has 2 rings (SSSR count). The van der Waals surface area contributed by atoms with Gasteiger partial charge in [0.05, 0.1) is 5.56 Å². The summed E-state index contributed by atoms with van der Waals surface area (Å²) in [5.74, 6) is 0. The summed E-state index contributed by atoms with van der Waals surface area (Å²) in [7, 11) is 0. The third kappa shape index (κ3) is 4.48. The third-order valence-corrected chi connectivity index (χ3v) is 3.14. The van der Waals surface area contributed by atoms with Crippen LogP contribution in [0.3, 0.4) is 0 Å². The van der Waals surface area contributed by atoms with Gasteiger partial charge in [-0.3, -0.25) is 4.98 Å². The molecule has 0 fully saturated rings. The van der Waals surface area contributed by atoms with E-state index < -0.39 is 11.7 Å². The SMILES string of the molecule is [O-][NH+](Cc1ccncc1)C(=S)Nc1cccc(C(F)(F)F)c1. The summed E-state index contributed by atoms with van der Waals surface area (Å²) < 4.78 is 37.9. The highest BCUT2D eigenvalue weighted by Crippen LogP contribution is 2.30. The minimum absolute atomic E-state index is 0.0628. The van der Waals surface area contributed by atoms with E-state index in [1.54, 1.807) is 24.5 Å². The second-order valence-electron chi connectivity index (χ2n) is 4.49. The summed E-state index contributed by atoms with van der Waals surface area (Å²) >= 11 is 4.94. The van der Waals surface area contributed by atoms with E-state index in [0.717, 1.165) is 17.7 Å². The van der Waals surface area contributed by atoms with Crippen LogP contribution in [0, 0.1) is 5.21 Å². The number of pyridine rings is 1. The quantitative estimate of drug-likeness (QED) is 0.671. The fraction of sp³-hybridized carbons (Fsp3) is 0.143. The minimum Gasteiger partial charge on any atom is -0.627 e. The molecular formula is C14H12F3N3OS. The van der Waals surface area contributed by atoms with Gasteiger partial charge in [0.2, 0.25) is 0 Å². The van der Waals surface area contributed by atoms with Crippen LogP contribution in [0.25, 0.3) is 0 Å². The third-order valence-electron chi connectivity index (χ3n) is 2.82. The average molecular weight is 327 g/mol. The Morgan fingerprint density at radius 3 is 2.55 bits per heavy atom. The Labute approximate surface area is 130 Å². The molecule has 2 aromatic rings. The zero-order valence-electron chi connectivity index (χ0n) is 11.2. The number of hydrogen-bond acceptors (Lipinski definition) is 3. The lowest BCUT2D eigenvalue weighted by Crippen LogP contribution is -3.09. The maximum absolute atomic E-state index is 12.6.